The lowest BCUT2D eigenvalue weighted by molar-refractivity contribution is -0.123. The van der Waals surface area contributed by atoms with Crippen molar-refractivity contribution in [3.05, 3.63) is 35.9 Å². The lowest BCUT2D eigenvalue weighted by atomic mass is 9.90. The molecule has 0 N–H and O–H groups in total. The van der Waals surface area contributed by atoms with Gasteiger partial charge in [-0.1, -0.05) is 30.3 Å². The largest absolute Gasteiger partial charge is 0.303 e. The molecule has 1 aromatic carbocycles. The van der Waals surface area contributed by atoms with Crippen molar-refractivity contribution < 1.29 is 9.59 Å². The van der Waals surface area contributed by atoms with Crippen molar-refractivity contribution in [2.24, 2.45) is 11.8 Å². The first-order valence-corrected chi connectivity index (χ1v) is 5.33. The molecule has 0 aliphatic heterocycles. The standard InChI is InChI=1S/C13H14O2/c14-9-11-6-7-13(15)12(11)8-10-4-2-1-3-5-10/h1-5,9,11-12H,6-8H2. The molecule has 0 spiro atoms. The van der Waals surface area contributed by atoms with Crippen LogP contribution < -0.4 is 0 Å². The van der Waals surface area contributed by atoms with Crippen molar-refractivity contribution in [3.8, 4) is 0 Å². The van der Waals surface area contributed by atoms with Gasteiger partial charge in [0.2, 0.25) is 0 Å². The summed E-state index contributed by atoms with van der Waals surface area (Å²) in [5, 5.41) is 0. The van der Waals surface area contributed by atoms with Gasteiger partial charge >= 0.3 is 0 Å². The molecular weight excluding hydrogens is 188 g/mol. The van der Waals surface area contributed by atoms with Crippen molar-refractivity contribution in [2.75, 3.05) is 0 Å². The Kier molecular flexibility index (Phi) is 2.95. The van der Waals surface area contributed by atoms with E-state index in [9.17, 15) is 9.59 Å². The number of carbonyl (C=O) groups excluding carboxylic acids is 2. The van der Waals surface area contributed by atoms with Crippen LogP contribution in [0.25, 0.3) is 0 Å². The molecule has 1 saturated carbocycles. The van der Waals surface area contributed by atoms with Crippen molar-refractivity contribution >= 4 is 12.1 Å². The average Bonchev–Trinajstić information content (AvgIpc) is 2.62. The Morgan fingerprint density at radius 3 is 2.67 bits per heavy atom. The van der Waals surface area contributed by atoms with E-state index in [4.69, 9.17) is 0 Å². The third-order valence-electron chi connectivity index (χ3n) is 3.13. The number of hydrogen-bond acceptors (Lipinski definition) is 2. The van der Waals surface area contributed by atoms with Gasteiger partial charge in [-0.2, -0.15) is 0 Å². The Morgan fingerprint density at radius 1 is 1.27 bits per heavy atom. The number of benzene rings is 1. The molecule has 1 aromatic rings. The molecular formula is C13H14O2. The van der Waals surface area contributed by atoms with Gasteiger partial charge in [-0.05, 0) is 18.4 Å². The Bertz CT molecular complexity index is 356. The van der Waals surface area contributed by atoms with E-state index in [1.54, 1.807) is 0 Å². The molecule has 0 aromatic heterocycles. The minimum absolute atomic E-state index is 0.0577. The Labute approximate surface area is 89.3 Å². The number of ketones is 1. The predicted octanol–water partition coefficient (Wildman–Crippen LogP) is 2.02. The van der Waals surface area contributed by atoms with Gasteiger partial charge in [0.15, 0.2) is 0 Å². The van der Waals surface area contributed by atoms with Crippen LogP contribution in [0.4, 0.5) is 0 Å². The summed E-state index contributed by atoms with van der Waals surface area (Å²) in [6.45, 7) is 0. The van der Waals surface area contributed by atoms with Crippen molar-refractivity contribution in [2.45, 2.75) is 19.3 Å². The Hall–Kier alpha value is -1.44. The molecule has 1 fully saturated rings. The summed E-state index contributed by atoms with van der Waals surface area (Å²) < 4.78 is 0. The Morgan fingerprint density at radius 2 is 2.00 bits per heavy atom. The molecule has 0 amide bonds. The van der Waals surface area contributed by atoms with Crippen LogP contribution in [-0.4, -0.2) is 12.1 Å². The molecule has 0 saturated heterocycles. The molecule has 0 bridgehead atoms. The van der Waals surface area contributed by atoms with Gasteiger partial charge in [0.1, 0.15) is 12.1 Å². The summed E-state index contributed by atoms with van der Waals surface area (Å²) in [4.78, 5) is 22.4. The van der Waals surface area contributed by atoms with Gasteiger partial charge in [-0.3, -0.25) is 4.79 Å². The SMILES string of the molecule is O=CC1CCC(=O)C1Cc1ccccc1. The minimum Gasteiger partial charge on any atom is -0.303 e. The number of carbonyl (C=O) groups is 2. The second-order valence-electron chi connectivity index (χ2n) is 4.10. The van der Waals surface area contributed by atoms with E-state index in [0.717, 1.165) is 18.3 Å². The van der Waals surface area contributed by atoms with Crippen LogP contribution in [-0.2, 0) is 16.0 Å². The van der Waals surface area contributed by atoms with Crippen LogP contribution in [0.1, 0.15) is 18.4 Å². The zero-order chi connectivity index (χ0) is 10.7. The molecule has 2 atom stereocenters. The number of Topliss-reactive ketones (excluding diaryl/α,β-unsaturated/α-hetero) is 1. The second-order valence-corrected chi connectivity index (χ2v) is 4.10. The molecule has 0 heterocycles. The third kappa shape index (κ3) is 2.14. The monoisotopic (exact) mass is 202 g/mol. The number of hydrogen-bond donors (Lipinski definition) is 0. The predicted molar refractivity (Wildman–Crippen MR) is 57.4 cm³/mol. The van der Waals surface area contributed by atoms with Gasteiger partial charge in [-0.25, -0.2) is 0 Å². The fraction of sp³-hybridized carbons (Fsp3) is 0.385. The van der Waals surface area contributed by atoms with E-state index in [0.29, 0.717) is 12.8 Å². The molecule has 2 nitrogen and oxygen atoms in total. The van der Waals surface area contributed by atoms with Crippen molar-refractivity contribution in [1.82, 2.24) is 0 Å². The van der Waals surface area contributed by atoms with Crippen molar-refractivity contribution in [1.29, 1.82) is 0 Å². The van der Waals surface area contributed by atoms with E-state index >= 15 is 0 Å². The quantitative estimate of drug-likeness (QED) is 0.703. The molecule has 2 heteroatoms. The molecule has 1 aliphatic carbocycles. The average molecular weight is 202 g/mol. The molecule has 0 radical (unpaired) electrons. The zero-order valence-corrected chi connectivity index (χ0v) is 8.56. The van der Waals surface area contributed by atoms with Crippen LogP contribution in [0.2, 0.25) is 0 Å². The maximum Gasteiger partial charge on any atom is 0.137 e. The summed E-state index contributed by atoms with van der Waals surface area (Å²) in [5.41, 5.74) is 1.14. The molecule has 15 heavy (non-hydrogen) atoms. The first-order valence-electron chi connectivity index (χ1n) is 5.33. The summed E-state index contributed by atoms with van der Waals surface area (Å²) in [7, 11) is 0. The highest BCUT2D eigenvalue weighted by atomic mass is 16.1. The maximum absolute atomic E-state index is 11.6. The van der Waals surface area contributed by atoms with Gasteiger partial charge in [0.25, 0.3) is 0 Å². The number of rotatable bonds is 3. The zero-order valence-electron chi connectivity index (χ0n) is 8.56. The fourth-order valence-corrected chi connectivity index (χ4v) is 2.23. The highest BCUT2D eigenvalue weighted by molar-refractivity contribution is 5.87. The third-order valence-corrected chi connectivity index (χ3v) is 3.13. The minimum atomic E-state index is -0.0788. The van der Waals surface area contributed by atoms with E-state index in [1.807, 2.05) is 30.3 Å². The lowest BCUT2D eigenvalue weighted by Crippen LogP contribution is -2.18. The highest BCUT2D eigenvalue weighted by Crippen LogP contribution is 2.29. The topological polar surface area (TPSA) is 34.1 Å². The van der Waals surface area contributed by atoms with Crippen LogP contribution >= 0.6 is 0 Å². The van der Waals surface area contributed by atoms with Crippen LogP contribution in [0.15, 0.2) is 30.3 Å². The van der Waals surface area contributed by atoms with E-state index in [2.05, 4.69) is 0 Å². The normalized spacial score (nSPS) is 25.5. The highest BCUT2D eigenvalue weighted by Gasteiger charge is 2.33. The Balaban J connectivity index is 2.10. The van der Waals surface area contributed by atoms with E-state index in [-0.39, 0.29) is 17.6 Å². The summed E-state index contributed by atoms with van der Waals surface area (Å²) in [6.07, 6.45) is 2.96. The molecule has 2 unspecified atom stereocenters. The molecule has 2 rings (SSSR count). The lowest BCUT2D eigenvalue weighted by Gasteiger charge is -2.12. The van der Waals surface area contributed by atoms with Crippen molar-refractivity contribution in [3.63, 3.8) is 0 Å². The van der Waals surface area contributed by atoms with Crippen LogP contribution in [0.5, 0.6) is 0 Å². The van der Waals surface area contributed by atoms with Crippen LogP contribution in [0.3, 0.4) is 0 Å². The molecule has 78 valence electrons. The maximum atomic E-state index is 11.6. The molecule has 1 aliphatic rings. The summed E-state index contributed by atoms with van der Waals surface area (Å²) in [6, 6.07) is 9.90. The first kappa shape index (κ1) is 10.1. The van der Waals surface area contributed by atoms with E-state index < -0.39 is 0 Å². The first-order chi connectivity index (χ1) is 7.31. The number of aldehydes is 1. The van der Waals surface area contributed by atoms with Gasteiger partial charge in [-0.15, -0.1) is 0 Å². The van der Waals surface area contributed by atoms with Gasteiger partial charge < -0.3 is 4.79 Å². The van der Waals surface area contributed by atoms with E-state index in [1.165, 1.54) is 0 Å². The summed E-state index contributed by atoms with van der Waals surface area (Å²) in [5.74, 6) is 0.110. The van der Waals surface area contributed by atoms with Crippen LogP contribution in [0, 0.1) is 11.8 Å². The smallest absolute Gasteiger partial charge is 0.137 e. The van der Waals surface area contributed by atoms with Gasteiger partial charge in [0.05, 0.1) is 0 Å². The van der Waals surface area contributed by atoms with Gasteiger partial charge in [0, 0.05) is 18.3 Å². The summed E-state index contributed by atoms with van der Waals surface area (Å²) >= 11 is 0. The second kappa shape index (κ2) is 4.39. The fourth-order valence-electron chi connectivity index (χ4n) is 2.23.